The quantitative estimate of drug-likeness (QED) is 0.546. The molecule has 25 heavy (non-hydrogen) atoms. The van der Waals surface area contributed by atoms with E-state index in [1.807, 2.05) is 49.5 Å². The molecule has 0 aliphatic heterocycles. The Morgan fingerprint density at radius 2 is 2.12 bits per heavy atom. The minimum atomic E-state index is -0.372. The van der Waals surface area contributed by atoms with Crippen molar-refractivity contribution in [1.82, 2.24) is 9.78 Å². The molecule has 2 heterocycles. The number of benzene rings is 1. The molecule has 0 aliphatic rings. The number of rotatable bonds is 4. The monoisotopic (exact) mass is 371 g/mol. The Kier molecular flexibility index (Phi) is 5.25. The highest BCUT2D eigenvalue weighted by atomic mass is 32.1. The fourth-order valence-corrected chi connectivity index (χ4v) is 3.58. The molecule has 0 saturated heterocycles. The fourth-order valence-electron chi connectivity index (χ4n) is 2.27. The number of carbonyl (C=O) groups is 1. The van der Waals surface area contributed by atoms with Gasteiger partial charge in [0.2, 0.25) is 0 Å². The summed E-state index contributed by atoms with van der Waals surface area (Å²) in [5, 5.41) is 8.36. The Morgan fingerprint density at radius 3 is 2.76 bits per heavy atom. The van der Waals surface area contributed by atoms with Crippen LogP contribution in [0.5, 0.6) is 0 Å². The maximum atomic E-state index is 12.3. The maximum absolute atomic E-state index is 12.3. The van der Waals surface area contributed by atoms with Crippen LogP contribution >= 0.6 is 23.6 Å². The molecule has 7 heteroatoms. The zero-order chi connectivity index (χ0) is 17.8. The molecule has 0 amide bonds. The highest BCUT2D eigenvalue weighted by molar-refractivity contribution is 7.80. The predicted octanol–water partition coefficient (Wildman–Crippen LogP) is 4.34. The lowest BCUT2D eigenvalue weighted by molar-refractivity contribution is 0.0528. The highest BCUT2D eigenvalue weighted by Gasteiger charge is 2.19. The van der Waals surface area contributed by atoms with E-state index in [9.17, 15) is 4.79 Å². The normalized spacial score (nSPS) is 10.5. The summed E-state index contributed by atoms with van der Waals surface area (Å²) in [5.41, 5.74) is 2.51. The Bertz CT molecular complexity index is 900. The van der Waals surface area contributed by atoms with Gasteiger partial charge in [-0.15, -0.1) is 11.3 Å². The third kappa shape index (κ3) is 3.94. The molecule has 1 N–H and O–H groups in total. The number of anilines is 1. The topological polar surface area (TPSA) is 56.1 Å². The summed E-state index contributed by atoms with van der Waals surface area (Å²) >= 11 is 6.85. The van der Waals surface area contributed by atoms with Gasteiger partial charge in [-0.05, 0) is 43.3 Å². The van der Waals surface area contributed by atoms with Crippen LogP contribution in [0.4, 0.5) is 5.00 Å². The van der Waals surface area contributed by atoms with E-state index in [1.165, 1.54) is 11.3 Å². The van der Waals surface area contributed by atoms with Gasteiger partial charge in [0.05, 0.1) is 18.4 Å². The number of nitrogens with one attached hydrogen (secondary N) is 1. The molecule has 2 aromatic heterocycles. The molecule has 0 unspecified atom stereocenters. The van der Waals surface area contributed by atoms with Crippen LogP contribution in [-0.4, -0.2) is 27.5 Å². The van der Waals surface area contributed by atoms with Crippen LogP contribution in [0.15, 0.2) is 48.8 Å². The first-order valence-corrected chi connectivity index (χ1v) is 9.00. The molecule has 0 atom stereocenters. The van der Waals surface area contributed by atoms with Crippen LogP contribution < -0.4 is 5.32 Å². The molecule has 0 aliphatic carbocycles. The zero-order valence-electron chi connectivity index (χ0n) is 13.9. The number of aromatic nitrogens is 2. The first-order valence-electron chi connectivity index (χ1n) is 7.77. The van der Waals surface area contributed by atoms with E-state index in [0.29, 0.717) is 22.3 Å². The van der Waals surface area contributed by atoms with Gasteiger partial charge >= 0.3 is 5.97 Å². The fraction of sp³-hybridized carbons (Fsp3) is 0.167. The standard InChI is InChI=1S/C18H17N3O2S2/c1-3-23-17(22)14-9-15(13-7-5-4-6-8-13)25-16(14)20-18(24)21-11-12(2)10-19-21/h4-11H,3H2,1-2H3,(H,20,24). The molecule has 0 saturated carbocycles. The lowest BCUT2D eigenvalue weighted by Gasteiger charge is -2.08. The summed E-state index contributed by atoms with van der Waals surface area (Å²) in [6, 6.07) is 11.7. The summed E-state index contributed by atoms with van der Waals surface area (Å²) in [7, 11) is 0. The number of aryl methyl sites for hydroxylation is 1. The van der Waals surface area contributed by atoms with Crippen LogP contribution in [0.1, 0.15) is 22.8 Å². The third-order valence-electron chi connectivity index (χ3n) is 3.43. The molecule has 1 aromatic carbocycles. The van der Waals surface area contributed by atoms with Crippen LogP contribution in [0.25, 0.3) is 10.4 Å². The zero-order valence-corrected chi connectivity index (χ0v) is 15.5. The lowest BCUT2D eigenvalue weighted by Crippen LogP contribution is -2.20. The number of hydrogen-bond acceptors (Lipinski definition) is 5. The van der Waals surface area contributed by atoms with Crippen molar-refractivity contribution in [1.29, 1.82) is 0 Å². The molecule has 0 spiro atoms. The van der Waals surface area contributed by atoms with Crippen molar-refractivity contribution in [2.24, 2.45) is 0 Å². The lowest BCUT2D eigenvalue weighted by atomic mass is 10.1. The van der Waals surface area contributed by atoms with Crippen molar-refractivity contribution >= 4 is 39.6 Å². The molecule has 3 aromatic rings. The number of nitrogens with zero attached hydrogens (tertiary/aromatic N) is 2. The highest BCUT2D eigenvalue weighted by Crippen LogP contribution is 2.36. The van der Waals surface area contributed by atoms with Gasteiger partial charge in [0, 0.05) is 11.1 Å². The number of thiophene rings is 1. The Hall–Kier alpha value is -2.51. The maximum Gasteiger partial charge on any atom is 0.341 e. The second kappa shape index (κ2) is 7.58. The van der Waals surface area contributed by atoms with E-state index in [0.717, 1.165) is 16.0 Å². The number of ether oxygens (including phenoxy) is 1. The third-order valence-corrected chi connectivity index (χ3v) is 4.81. The number of hydrogen-bond donors (Lipinski definition) is 1. The van der Waals surface area contributed by atoms with Gasteiger partial charge in [-0.3, -0.25) is 0 Å². The van der Waals surface area contributed by atoms with Gasteiger partial charge in [-0.1, -0.05) is 30.3 Å². The van der Waals surface area contributed by atoms with Crippen molar-refractivity contribution < 1.29 is 9.53 Å². The first kappa shape index (κ1) is 17.3. The van der Waals surface area contributed by atoms with Crippen molar-refractivity contribution in [3.05, 3.63) is 59.9 Å². The molecule has 0 bridgehead atoms. The van der Waals surface area contributed by atoms with E-state index in [2.05, 4.69) is 10.4 Å². The molecule has 5 nitrogen and oxygen atoms in total. The Morgan fingerprint density at radius 1 is 1.36 bits per heavy atom. The van der Waals surface area contributed by atoms with Crippen molar-refractivity contribution in [3.8, 4) is 10.4 Å². The van der Waals surface area contributed by atoms with Crippen molar-refractivity contribution in [3.63, 3.8) is 0 Å². The van der Waals surface area contributed by atoms with Gasteiger partial charge in [-0.2, -0.15) is 5.10 Å². The van der Waals surface area contributed by atoms with Crippen molar-refractivity contribution in [2.75, 3.05) is 11.9 Å². The second-order valence-corrected chi connectivity index (χ2v) is 6.77. The van der Waals surface area contributed by atoms with Crippen LogP contribution in [0, 0.1) is 6.92 Å². The molecule has 0 fully saturated rings. The summed E-state index contributed by atoms with van der Waals surface area (Å²) < 4.78 is 6.74. The minimum absolute atomic E-state index is 0.317. The smallest absolute Gasteiger partial charge is 0.341 e. The van der Waals surface area contributed by atoms with E-state index >= 15 is 0 Å². The van der Waals surface area contributed by atoms with Crippen LogP contribution in [0.3, 0.4) is 0 Å². The van der Waals surface area contributed by atoms with E-state index < -0.39 is 0 Å². The average Bonchev–Trinajstić information content (AvgIpc) is 3.22. The van der Waals surface area contributed by atoms with Crippen LogP contribution in [-0.2, 0) is 4.74 Å². The number of esters is 1. The van der Waals surface area contributed by atoms with Gasteiger partial charge < -0.3 is 10.1 Å². The Balaban J connectivity index is 1.94. The summed E-state index contributed by atoms with van der Waals surface area (Å²) in [5.74, 6) is -0.372. The van der Waals surface area contributed by atoms with Crippen LogP contribution in [0.2, 0.25) is 0 Å². The molecule has 0 radical (unpaired) electrons. The SMILES string of the molecule is CCOC(=O)c1cc(-c2ccccc2)sc1NC(=S)n1cc(C)cn1. The van der Waals surface area contributed by atoms with Gasteiger partial charge in [0.1, 0.15) is 5.00 Å². The van der Waals surface area contributed by atoms with Crippen molar-refractivity contribution in [2.45, 2.75) is 13.8 Å². The predicted molar refractivity (Wildman–Crippen MR) is 104 cm³/mol. The summed E-state index contributed by atoms with van der Waals surface area (Å²) in [6.45, 7) is 4.04. The second-order valence-electron chi connectivity index (χ2n) is 5.33. The van der Waals surface area contributed by atoms with E-state index in [-0.39, 0.29) is 5.97 Å². The summed E-state index contributed by atoms with van der Waals surface area (Å²) in [6.07, 6.45) is 3.55. The largest absolute Gasteiger partial charge is 0.462 e. The average molecular weight is 371 g/mol. The Labute approximate surface area is 155 Å². The summed E-state index contributed by atoms with van der Waals surface area (Å²) in [4.78, 5) is 13.3. The van der Waals surface area contributed by atoms with E-state index in [4.69, 9.17) is 17.0 Å². The number of thiocarbonyl (C=S) groups is 1. The van der Waals surface area contributed by atoms with Gasteiger partial charge in [0.25, 0.3) is 0 Å². The minimum Gasteiger partial charge on any atom is -0.462 e. The molecular formula is C18H17N3O2S2. The molecular weight excluding hydrogens is 354 g/mol. The van der Waals surface area contributed by atoms with Gasteiger partial charge in [0.15, 0.2) is 5.11 Å². The van der Waals surface area contributed by atoms with E-state index in [1.54, 1.807) is 17.8 Å². The molecule has 3 rings (SSSR count). The molecule has 128 valence electrons. The van der Waals surface area contributed by atoms with Gasteiger partial charge in [-0.25, -0.2) is 9.48 Å². The number of carbonyl (C=O) groups excluding carboxylic acids is 1. The first-order chi connectivity index (χ1) is 12.1.